The van der Waals surface area contributed by atoms with Crippen molar-refractivity contribution in [3.05, 3.63) is 48.0 Å². The number of para-hydroxylation sites is 2. The van der Waals surface area contributed by atoms with Crippen molar-refractivity contribution in [2.75, 3.05) is 18.4 Å². The molecule has 0 fully saturated rings. The van der Waals surface area contributed by atoms with Crippen molar-refractivity contribution in [2.24, 2.45) is 0 Å². The molecule has 0 atom stereocenters. The number of carbonyl (C=O) groups is 1. The lowest BCUT2D eigenvalue weighted by atomic mass is 10.2. The molecule has 0 spiro atoms. The van der Waals surface area contributed by atoms with Gasteiger partial charge in [0.2, 0.25) is 10.0 Å². The fourth-order valence-electron chi connectivity index (χ4n) is 2.90. The van der Waals surface area contributed by atoms with Crippen molar-refractivity contribution >= 4 is 21.6 Å². The molecule has 1 aliphatic rings. The van der Waals surface area contributed by atoms with E-state index in [2.05, 4.69) is 5.32 Å². The average molecular weight is 374 g/mol. The predicted molar refractivity (Wildman–Crippen MR) is 100 cm³/mol. The molecule has 3 rings (SSSR count). The first-order valence-corrected chi connectivity index (χ1v) is 10.1. The maximum atomic E-state index is 13.0. The summed E-state index contributed by atoms with van der Waals surface area (Å²) in [5.74, 6) is 0.470. The van der Waals surface area contributed by atoms with Gasteiger partial charge >= 0.3 is 0 Å². The third-order valence-corrected chi connectivity index (χ3v) is 6.03. The summed E-state index contributed by atoms with van der Waals surface area (Å²) < 4.78 is 33.2. The molecule has 0 bridgehead atoms. The molecule has 0 aromatic heterocycles. The molecule has 0 radical (unpaired) electrons. The molecule has 2 aromatic carbocycles. The van der Waals surface area contributed by atoms with E-state index in [0.717, 1.165) is 12.8 Å². The van der Waals surface area contributed by atoms with Crippen molar-refractivity contribution in [1.29, 1.82) is 0 Å². The summed E-state index contributed by atoms with van der Waals surface area (Å²) >= 11 is 0. The molecule has 1 N–H and O–H groups in total. The van der Waals surface area contributed by atoms with Crippen LogP contribution in [0.5, 0.6) is 11.5 Å². The molecule has 1 aliphatic heterocycles. The number of benzene rings is 2. The number of amides is 1. The number of fused-ring (bicyclic) bond motifs is 2. The van der Waals surface area contributed by atoms with E-state index in [1.165, 1.54) is 16.4 Å². The fraction of sp³-hybridized carbons (Fsp3) is 0.316. The second-order valence-electron chi connectivity index (χ2n) is 6.11. The molecule has 1 heterocycles. The van der Waals surface area contributed by atoms with Gasteiger partial charge in [-0.1, -0.05) is 26.0 Å². The molecule has 0 aliphatic carbocycles. The summed E-state index contributed by atoms with van der Waals surface area (Å²) in [6.45, 7) is 4.77. The summed E-state index contributed by atoms with van der Waals surface area (Å²) in [4.78, 5) is 12.7. The molecular weight excluding hydrogens is 352 g/mol. The summed E-state index contributed by atoms with van der Waals surface area (Å²) in [7, 11) is -3.66. The zero-order valence-corrected chi connectivity index (χ0v) is 15.7. The van der Waals surface area contributed by atoms with Crippen molar-refractivity contribution < 1.29 is 17.9 Å². The van der Waals surface area contributed by atoms with E-state index in [1.807, 2.05) is 19.9 Å². The highest BCUT2D eigenvalue weighted by Gasteiger charge is 2.27. The third-order valence-electron chi connectivity index (χ3n) is 4.13. The molecule has 2 aromatic rings. The lowest BCUT2D eigenvalue weighted by molar-refractivity contribution is 0.102. The quantitative estimate of drug-likeness (QED) is 0.833. The number of hydrogen-bond donors (Lipinski definition) is 1. The maximum absolute atomic E-state index is 13.0. The van der Waals surface area contributed by atoms with Crippen LogP contribution in [-0.2, 0) is 10.0 Å². The SMILES string of the molecule is CCCN(CCC)S(=O)(=O)c1ccc2c(c1)C(=O)Nc1ccccc1O2. The van der Waals surface area contributed by atoms with E-state index < -0.39 is 10.0 Å². The highest BCUT2D eigenvalue weighted by molar-refractivity contribution is 7.89. The summed E-state index contributed by atoms with van der Waals surface area (Å²) in [5.41, 5.74) is 0.756. The molecule has 1 amide bonds. The number of sulfonamides is 1. The van der Waals surface area contributed by atoms with E-state index in [-0.39, 0.29) is 16.4 Å². The van der Waals surface area contributed by atoms with Crippen molar-refractivity contribution in [3.63, 3.8) is 0 Å². The lowest BCUT2D eigenvalue weighted by Gasteiger charge is -2.21. The predicted octanol–water partition coefficient (Wildman–Crippen LogP) is 3.86. The number of anilines is 1. The highest BCUT2D eigenvalue weighted by Crippen LogP contribution is 2.36. The molecule has 0 saturated heterocycles. The van der Waals surface area contributed by atoms with Gasteiger partial charge < -0.3 is 10.1 Å². The Morgan fingerprint density at radius 1 is 1.00 bits per heavy atom. The lowest BCUT2D eigenvalue weighted by Crippen LogP contribution is -2.32. The van der Waals surface area contributed by atoms with Gasteiger partial charge in [-0.2, -0.15) is 4.31 Å². The van der Waals surface area contributed by atoms with E-state index in [0.29, 0.717) is 30.3 Å². The van der Waals surface area contributed by atoms with Crippen LogP contribution in [0.3, 0.4) is 0 Å². The van der Waals surface area contributed by atoms with Gasteiger partial charge in [0.15, 0.2) is 5.75 Å². The van der Waals surface area contributed by atoms with Crippen LogP contribution in [-0.4, -0.2) is 31.7 Å². The van der Waals surface area contributed by atoms with Gasteiger partial charge in [0, 0.05) is 13.1 Å². The maximum Gasteiger partial charge on any atom is 0.259 e. The van der Waals surface area contributed by atoms with Crippen LogP contribution in [0.25, 0.3) is 0 Å². The molecule has 0 saturated carbocycles. The van der Waals surface area contributed by atoms with Gasteiger partial charge in [-0.3, -0.25) is 4.79 Å². The van der Waals surface area contributed by atoms with E-state index >= 15 is 0 Å². The molecule has 7 heteroatoms. The zero-order valence-electron chi connectivity index (χ0n) is 14.9. The van der Waals surface area contributed by atoms with Gasteiger partial charge in [-0.25, -0.2) is 8.42 Å². The van der Waals surface area contributed by atoms with Gasteiger partial charge in [0.1, 0.15) is 5.75 Å². The number of hydrogen-bond acceptors (Lipinski definition) is 4. The Morgan fingerprint density at radius 3 is 2.38 bits per heavy atom. The number of nitrogens with one attached hydrogen (secondary N) is 1. The minimum atomic E-state index is -3.66. The van der Waals surface area contributed by atoms with Crippen LogP contribution >= 0.6 is 0 Å². The minimum Gasteiger partial charge on any atom is -0.454 e. The van der Waals surface area contributed by atoms with Gasteiger partial charge in [0.25, 0.3) is 5.91 Å². The summed E-state index contributed by atoms with van der Waals surface area (Å²) in [6.07, 6.45) is 1.45. The van der Waals surface area contributed by atoms with Crippen LogP contribution < -0.4 is 10.1 Å². The molecule has 26 heavy (non-hydrogen) atoms. The largest absolute Gasteiger partial charge is 0.454 e. The summed E-state index contributed by atoms with van der Waals surface area (Å²) in [5, 5.41) is 2.76. The van der Waals surface area contributed by atoms with Crippen LogP contribution in [0.2, 0.25) is 0 Å². The van der Waals surface area contributed by atoms with Gasteiger partial charge in [-0.05, 0) is 43.2 Å². The Morgan fingerprint density at radius 2 is 1.69 bits per heavy atom. The third kappa shape index (κ3) is 3.45. The minimum absolute atomic E-state index is 0.0999. The van der Waals surface area contributed by atoms with E-state index in [9.17, 15) is 13.2 Å². The Hall–Kier alpha value is -2.38. The first-order chi connectivity index (χ1) is 12.5. The van der Waals surface area contributed by atoms with Gasteiger partial charge in [0.05, 0.1) is 16.1 Å². The second-order valence-corrected chi connectivity index (χ2v) is 8.05. The number of carbonyl (C=O) groups excluding carboxylic acids is 1. The Bertz CT molecular complexity index is 919. The molecule has 0 unspecified atom stereocenters. The Kier molecular flexibility index (Phi) is 5.29. The summed E-state index contributed by atoms with van der Waals surface area (Å²) in [6, 6.07) is 11.5. The average Bonchev–Trinajstić information content (AvgIpc) is 2.77. The van der Waals surface area contributed by atoms with Crippen molar-refractivity contribution in [1.82, 2.24) is 4.31 Å². The van der Waals surface area contributed by atoms with Gasteiger partial charge in [-0.15, -0.1) is 0 Å². The Labute approximate surface area is 153 Å². The van der Waals surface area contributed by atoms with Crippen LogP contribution in [0.15, 0.2) is 47.4 Å². The number of ether oxygens (including phenoxy) is 1. The van der Waals surface area contributed by atoms with Crippen LogP contribution in [0, 0.1) is 0 Å². The molecular formula is C19H22N2O4S. The zero-order chi connectivity index (χ0) is 18.7. The highest BCUT2D eigenvalue weighted by atomic mass is 32.2. The number of rotatable bonds is 6. The van der Waals surface area contributed by atoms with Crippen LogP contribution in [0.1, 0.15) is 37.0 Å². The standard InChI is InChI=1S/C19H22N2O4S/c1-3-11-21(12-4-2)26(23,24)14-9-10-17-15(13-14)19(22)20-16-7-5-6-8-18(16)25-17/h5-10,13H,3-4,11-12H2,1-2H3,(H,20,22). The fourth-order valence-corrected chi connectivity index (χ4v) is 4.55. The number of nitrogens with zero attached hydrogens (tertiary/aromatic N) is 1. The first-order valence-electron chi connectivity index (χ1n) is 8.69. The first kappa shape index (κ1) is 18.4. The van der Waals surface area contributed by atoms with Crippen molar-refractivity contribution in [3.8, 4) is 11.5 Å². The molecule has 138 valence electrons. The van der Waals surface area contributed by atoms with E-state index in [1.54, 1.807) is 24.3 Å². The molecule has 6 nitrogen and oxygen atoms in total. The second kappa shape index (κ2) is 7.47. The van der Waals surface area contributed by atoms with Crippen LogP contribution in [0.4, 0.5) is 5.69 Å². The topological polar surface area (TPSA) is 75.7 Å². The van der Waals surface area contributed by atoms with Crippen molar-refractivity contribution in [2.45, 2.75) is 31.6 Å². The van der Waals surface area contributed by atoms with E-state index in [4.69, 9.17) is 4.74 Å². The normalized spacial score (nSPS) is 13.4. The Balaban J connectivity index is 2.01. The monoisotopic (exact) mass is 374 g/mol. The smallest absolute Gasteiger partial charge is 0.259 e.